The second-order valence-electron chi connectivity index (χ2n) is 11.1. The van der Waals surface area contributed by atoms with Crippen LogP contribution < -0.4 is 0 Å². The van der Waals surface area contributed by atoms with Gasteiger partial charge in [0.1, 0.15) is 17.7 Å². The van der Waals surface area contributed by atoms with Crippen LogP contribution in [0, 0.1) is 11.6 Å². The minimum atomic E-state index is -3.52. The normalized spacial score (nSPS) is 22.9. The van der Waals surface area contributed by atoms with Crippen LogP contribution in [0.5, 0.6) is 0 Å². The molecule has 1 amide bonds. The molecule has 1 fully saturated rings. The molecule has 2 aliphatic heterocycles. The van der Waals surface area contributed by atoms with Gasteiger partial charge in [-0.1, -0.05) is 0 Å². The van der Waals surface area contributed by atoms with Gasteiger partial charge in [-0.3, -0.25) is 9.80 Å². The van der Waals surface area contributed by atoms with Crippen molar-refractivity contribution in [3.8, 4) is 0 Å². The lowest BCUT2D eigenvalue weighted by molar-refractivity contribution is -0.103. The molecule has 1 N–H and O–H groups in total. The summed E-state index contributed by atoms with van der Waals surface area (Å²) in [5.74, 6) is -1.29. The number of halogens is 2. The molecule has 0 radical (unpaired) electrons. The highest BCUT2D eigenvalue weighted by Gasteiger charge is 2.46. The number of carboxylic acid groups (broad SMARTS) is 1. The predicted molar refractivity (Wildman–Crippen MR) is 132 cm³/mol. The van der Waals surface area contributed by atoms with Crippen molar-refractivity contribution in [1.29, 1.82) is 0 Å². The zero-order chi connectivity index (χ0) is 27.4. The van der Waals surface area contributed by atoms with Gasteiger partial charge in [-0.15, -0.1) is 0 Å². The smallest absolute Gasteiger partial charge is 0.408 e. The average molecular weight is 541 g/mol. The quantitative estimate of drug-likeness (QED) is 0.608. The average Bonchev–Trinajstić information content (AvgIpc) is 3.32. The van der Waals surface area contributed by atoms with E-state index in [2.05, 4.69) is 9.88 Å². The maximum absolute atomic E-state index is 14.8. The minimum Gasteiger partial charge on any atom is -0.465 e. The van der Waals surface area contributed by atoms with Crippen molar-refractivity contribution in [1.82, 2.24) is 19.4 Å². The molecular formula is C25H34F2N4O5S. The van der Waals surface area contributed by atoms with E-state index in [1.54, 1.807) is 25.3 Å². The van der Waals surface area contributed by atoms with Crippen LogP contribution in [0.25, 0.3) is 0 Å². The number of ether oxygens (including phenoxy) is 1. The summed E-state index contributed by atoms with van der Waals surface area (Å²) in [6.45, 7) is 9.99. The number of hydrogen-bond acceptors (Lipinski definition) is 6. The van der Waals surface area contributed by atoms with Crippen molar-refractivity contribution in [3.05, 3.63) is 46.8 Å². The predicted octanol–water partition coefficient (Wildman–Crippen LogP) is 4.14. The zero-order valence-electron chi connectivity index (χ0n) is 21.9. The van der Waals surface area contributed by atoms with E-state index in [-0.39, 0.29) is 29.4 Å². The molecule has 4 rings (SSSR count). The fourth-order valence-electron chi connectivity index (χ4n) is 5.52. The summed E-state index contributed by atoms with van der Waals surface area (Å²) in [5, 5.41) is 10.2. The Morgan fingerprint density at radius 3 is 2.49 bits per heavy atom. The molecule has 0 saturated carbocycles. The molecule has 0 spiro atoms. The summed E-state index contributed by atoms with van der Waals surface area (Å²) in [7, 11) is -3.52. The molecular weight excluding hydrogens is 506 g/mol. The fraction of sp³-hybridized carbons (Fsp3) is 0.600. The summed E-state index contributed by atoms with van der Waals surface area (Å²) in [6.07, 6.45) is -0.722. The van der Waals surface area contributed by atoms with Crippen LogP contribution in [-0.2, 0) is 27.7 Å². The third-order valence-corrected chi connectivity index (χ3v) is 7.94. The molecule has 9 nitrogen and oxygen atoms in total. The van der Waals surface area contributed by atoms with E-state index in [1.165, 1.54) is 4.90 Å². The van der Waals surface area contributed by atoms with Gasteiger partial charge in [-0.2, -0.15) is 0 Å². The summed E-state index contributed by atoms with van der Waals surface area (Å²) in [4.78, 5) is 20.2. The molecule has 1 aromatic heterocycles. The van der Waals surface area contributed by atoms with Gasteiger partial charge in [0.25, 0.3) is 0 Å². The van der Waals surface area contributed by atoms with Gasteiger partial charge in [0.05, 0.1) is 24.0 Å². The third-order valence-electron chi connectivity index (χ3n) is 6.99. The number of rotatable bonds is 5. The number of nitrogens with zero attached hydrogens (tertiary/aromatic N) is 4. The number of benzene rings is 1. The molecule has 3 heterocycles. The first-order valence-electron chi connectivity index (χ1n) is 12.2. The Morgan fingerprint density at radius 2 is 1.92 bits per heavy atom. The highest BCUT2D eigenvalue weighted by atomic mass is 32.2. The van der Waals surface area contributed by atoms with E-state index in [4.69, 9.17) is 4.74 Å². The Labute approximate surface area is 216 Å². The molecule has 2 aliphatic rings. The van der Waals surface area contributed by atoms with Gasteiger partial charge in [-0.25, -0.2) is 27.0 Å². The zero-order valence-corrected chi connectivity index (χ0v) is 22.7. The molecule has 37 heavy (non-hydrogen) atoms. The number of imidazole rings is 1. The highest BCUT2D eigenvalue weighted by molar-refractivity contribution is 7.90. The second-order valence-corrected chi connectivity index (χ2v) is 13.0. The van der Waals surface area contributed by atoms with Crippen molar-refractivity contribution < 1.29 is 31.8 Å². The molecule has 0 aliphatic carbocycles. The highest BCUT2D eigenvalue weighted by Crippen LogP contribution is 2.40. The number of hydrogen-bond donors (Lipinski definition) is 1. The number of fused-ring (bicyclic) bond motifs is 1. The van der Waals surface area contributed by atoms with E-state index in [1.807, 2.05) is 13.8 Å². The van der Waals surface area contributed by atoms with E-state index < -0.39 is 45.2 Å². The number of carbonyl (C=O) groups is 1. The minimum absolute atomic E-state index is 0.0191. The van der Waals surface area contributed by atoms with Crippen LogP contribution in [0.4, 0.5) is 13.6 Å². The standard InChI is InChI=1S/C25H34F2N4O5S/c1-14(2)30-21-12-29(11-19(21)28-23(30)37(6,34)35)16-10-20(31(24(32)33)25(3,4)5)22(36-13-16)17-9-15(26)7-8-18(17)27/h7-9,14,16,20,22H,10-13H2,1-6H3,(H,32,33)/t16-,20+,22-/m1/s1. The van der Waals surface area contributed by atoms with E-state index in [0.29, 0.717) is 25.2 Å². The van der Waals surface area contributed by atoms with Gasteiger partial charge in [-0.05, 0) is 59.2 Å². The Balaban J connectivity index is 1.67. The number of aromatic nitrogens is 2. The second kappa shape index (κ2) is 9.63. The van der Waals surface area contributed by atoms with Crippen molar-refractivity contribution in [2.45, 2.75) is 89.1 Å². The lowest BCUT2D eigenvalue weighted by Gasteiger charge is -2.48. The van der Waals surface area contributed by atoms with Crippen molar-refractivity contribution in [3.63, 3.8) is 0 Å². The lowest BCUT2D eigenvalue weighted by Crippen LogP contribution is -2.58. The van der Waals surface area contributed by atoms with Gasteiger partial charge < -0.3 is 14.4 Å². The lowest BCUT2D eigenvalue weighted by atomic mass is 9.88. The Bertz CT molecular complexity index is 1300. The number of amides is 1. The summed E-state index contributed by atoms with van der Waals surface area (Å²) in [5.41, 5.74) is 0.609. The first-order chi connectivity index (χ1) is 17.1. The Hall–Kier alpha value is -2.57. The Morgan fingerprint density at radius 1 is 1.24 bits per heavy atom. The monoisotopic (exact) mass is 540 g/mol. The summed E-state index contributed by atoms with van der Waals surface area (Å²) in [6, 6.07) is 1.93. The SMILES string of the molecule is CC(C)n1c(S(C)(=O)=O)nc2c1CN([C@H]1CO[C@H](c3cc(F)ccc3F)[C@@H](N(C(=O)O)C(C)(C)C)C1)C2. The van der Waals surface area contributed by atoms with Crippen LogP contribution in [-0.4, -0.2) is 69.5 Å². The molecule has 2 aromatic rings. The van der Waals surface area contributed by atoms with Gasteiger partial charge >= 0.3 is 6.09 Å². The van der Waals surface area contributed by atoms with E-state index >= 15 is 0 Å². The van der Waals surface area contributed by atoms with Gasteiger partial charge in [0.15, 0.2) is 0 Å². The van der Waals surface area contributed by atoms with Crippen LogP contribution in [0.15, 0.2) is 23.4 Å². The molecule has 0 unspecified atom stereocenters. The fourth-order valence-corrected chi connectivity index (χ4v) is 6.48. The van der Waals surface area contributed by atoms with Gasteiger partial charge in [0.2, 0.25) is 15.0 Å². The van der Waals surface area contributed by atoms with Crippen LogP contribution in [0.1, 0.15) is 70.1 Å². The topological polar surface area (TPSA) is 105 Å². The first kappa shape index (κ1) is 27.5. The molecule has 0 bridgehead atoms. The van der Waals surface area contributed by atoms with Crippen LogP contribution >= 0.6 is 0 Å². The summed E-state index contributed by atoms with van der Waals surface area (Å²) < 4.78 is 61.3. The maximum Gasteiger partial charge on any atom is 0.408 e. The van der Waals surface area contributed by atoms with Crippen molar-refractivity contribution in [2.75, 3.05) is 12.9 Å². The third kappa shape index (κ3) is 5.23. The van der Waals surface area contributed by atoms with Crippen LogP contribution in [0.2, 0.25) is 0 Å². The maximum atomic E-state index is 14.8. The van der Waals surface area contributed by atoms with E-state index in [0.717, 1.165) is 30.1 Å². The molecule has 204 valence electrons. The molecule has 3 atom stereocenters. The van der Waals surface area contributed by atoms with E-state index in [9.17, 15) is 27.1 Å². The number of sulfone groups is 1. The molecule has 1 aromatic carbocycles. The van der Waals surface area contributed by atoms with Crippen molar-refractivity contribution in [2.24, 2.45) is 0 Å². The molecule has 12 heteroatoms. The van der Waals surface area contributed by atoms with Crippen molar-refractivity contribution >= 4 is 15.9 Å². The van der Waals surface area contributed by atoms with Gasteiger partial charge in [0, 0.05) is 42.5 Å². The summed E-state index contributed by atoms with van der Waals surface area (Å²) >= 11 is 0. The first-order valence-corrected chi connectivity index (χ1v) is 14.1. The van der Waals surface area contributed by atoms with Crippen LogP contribution in [0.3, 0.4) is 0 Å². The largest absolute Gasteiger partial charge is 0.465 e. The Kier molecular flexibility index (Phi) is 7.15. The molecule has 1 saturated heterocycles.